The van der Waals surface area contributed by atoms with Crippen molar-refractivity contribution in [2.45, 2.75) is 0 Å². The van der Waals surface area contributed by atoms with Crippen LogP contribution in [0.15, 0.2) is 18.5 Å². The SMILES string of the molecule is Cl.O=C(c1cncc(I)c1)N1CCNCC1. The molecule has 1 aromatic rings. The largest absolute Gasteiger partial charge is 0.336 e. The van der Waals surface area contributed by atoms with Gasteiger partial charge in [-0.2, -0.15) is 0 Å². The van der Waals surface area contributed by atoms with Crippen LogP contribution in [0.25, 0.3) is 0 Å². The molecule has 4 nitrogen and oxygen atoms in total. The Morgan fingerprint density at radius 2 is 2.06 bits per heavy atom. The minimum atomic E-state index is 0. The summed E-state index contributed by atoms with van der Waals surface area (Å²) in [6.45, 7) is 3.32. The van der Waals surface area contributed by atoms with Crippen molar-refractivity contribution in [2.24, 2.45) is 0 Å². The van der Waals surface area contributed by atoms with Crippen LogP contribution in [0.4, 0.5) is 0 Å². The van der Waals surface area contributed by atoms with Crippen LogP contribution < -0.4 is 5.32 Å². The number of nitrogens with one attached hydrogen (secondary N) is 1. The molecule has 1 fully saturated rings. The van der Waals surface area contributed by atoms with Gasteiger partial charge in [-0.25, -0.2) is 0 Å². The first kappa shape index (κ1) is 13.7. The van der Waals surface area contributed by atoms with Crippen molar-refractivity contribution in [1.82, 2.24) is 15.2 Å². The first-order valence-corrected chi connectivity index (χ1v) is 5.96. The predicted octanol–water partition coefficient (Wildman–Crippen LogP) is 1.15. The standard InChI is InChI=1S/C10H12IN3O.ClH/c11-9-5-8(6-13-7-9)10(15)14-3-1-12-2-4-14;/h5-7,12H,1-4H2;1H. The van der Waals surface area contributed by atoms with Gasteiger partial charge in [-0.15, -0.1) is 12.4 Å². The number of hydrogen-bond donors (Lipinski definition) is 1. The molecule has 0 aliphatic carbocycles. The molecule has 0 radical (unpaired) electrons. The molecule has 2 rings (SSSR count). The minimum absolute atomic E-state index is 0. The van der Waals surface area contributed by atoms with Gasteiger partial charge < -0.3 is 10.2 Å². The van der Waals surface area contributed by atoms with Crippen LogP contribution in [0.5, 0.6) is 0 Å². The van der Waals surface area contributed by atoms with Crippen molar-refractivity contribution in [3.8, 4) is 0 Å². The average molecular weight is 354 g/mol. The Kier molecular flexibility index (Phi) is 5.43. The smallest absolute Gasteiger partial charge is 0.255 e. The van der Waals surface area contributed by atoms with E-state index in [0.29, 0.717) is 5.56 Å². The maximum absolute atomic E-state index is 12.0. The number of hydrogen-bond acceptors (Lipinski definition) is 3. The summed E-state index contributed by atoms with van der Waals surface area (Å²) in [6, 6.07) is 1.87. The number of amides is 1. The zero-order valence-electron chi connectivity index (χ0n) is 8.65. The second-order valence-corrected chi connectivity index (χ2v) is 4.68. The maximum atomic E-state index is 12.0. The summed E-state index contributed by atoms with van der Waals surface area (Å²) in [5.41, 5.74) is 0.684. The van der Waals surface area contributed by atoms with Crippen molar-refractivity contribution < 1.29 is 4.79 Å². The Bertz CT molecular complexity index is 369. The fourth-order valence-corrected chi connectivity index (χ4v) is 2.08. The van der Waals surface area contributed by atoms with Gasteiger partial charge in [0.25, 0.3) is 5.91 Å². The number of nitrogens with zero attached hydrogens (tertiary/aromatic N) is 2. The lowest BCUT2D eigenvalue weighted by Gasteiger charge is -2.27. The molecular formula is C10H13ClIN3O. The molecule has 1 N–H and O–H groups in total. The first-order chi connectivity index (χ1) is 7.27. The maximum Gasteiger partial charge on any atom is 0.255 e. The summed E-state index contributed by atoms with van der Waals surface area (Å²) in [5.74, 6) is 0.0857. The zero-order valence-corrected chi connectivity index (χ0v) is 11.6. The van der Waals surface area contributed by atoms with Crippen molar-refractivity contribution in [2.75, 3.05) is 26.2 Å². The lowest BCUT2D eigenvalue weighted by molar-refractivity contribution is 0.0735. The number of rotatable bonds is 1. The number of carbonyl (C=O) groups excluding carboxylic acids is 1. The van der Waals surface area contributed by atoms with E-state index in [4.69, 9.17) is 0 Å². The number of piperazine rings is 1. The number of aromatic nitrogens is 1. The highest BCUT2D eigenvalue weighted by Gasteiger charge is 2.17. The predicted molar refractivity (Wildman–Crippen MR) is 73.0 cm³/mol. The summed E-state index contributed by atoms with van der Waals surface area (Å²) >= 11 is 2.16. The lowest BCUT2D eigenvalue weighted by Crippen LogP contribution is -2.46. The molecule has 2 heterocycles. The van der Waals surface area contributed by atoms with E-state index in [1.54, 1.807) is 12.4 Å². The fraction of sp³-hybridized carbons (Fsp3) is 0.400. The van der Waals surface area contributed by atoms with Crippen molar-refractivity contribution in [1.29, 1.82) is 0 Å². The van der Waals surface area contributed by atoms with Crippen LogP contribution in [0.1, 0.15) is 10.4 Å². The Hall–Kier alpha value is -0.400. The number of pyridine rings is 1. The van der Waals surface area contributed by atoms with Gasteiger partial charge in [0.15, 0.2) is 0 Å². The summed E-state index contributed by atoms with van der Waals surface area (Å²) in [7, 11) is 0. The Morgan fingerprint density at radius 3 is 2.69 bits per heavy atom. The van der Waals surface area contributed by atoms with E-state index < -0.39 is 0 Å². The molecule has 0 bridgehead atoms. The van der Waals surface area contributed by atoms with Crippen LogP contribution in [0.2, 0.25) is 0 Å². The Balaban J connectivity index is 0.00000128. The molecule has 1 saturated heterocycles. The minimum Gasteiger partial charge on any atom is -0.336 e. The molecule has 0 atom stereocenters. The zero-order chi connectivity index (χ0) is 10.7. The highest BCUT2D eigenvalue weighted by atomic mass is 127. The van der Waals surface area contributed by atoms with Crippen LogP contribution in [-0.4, -0.2) is 42.0 Å². The monoisotopic (exact) mass is 353 g/mol. The van der Waals surface area contributed by atoms with Gasteiger partial charge in [0.2, 0.25) is 0 Å². The van der Waals surface area contributed by atoms with Crippen molar-refractivity contribution in [3.05, 3.63) is 27.6 Å². The highest BCUT2D eigenvalue weighted by molar-refractivity contribution is 14.1. The van der Waals surface area contributed by atoms with Crippen LogP contribution >= 0.6 is 35.0 Å². The van der Waals surface area contributed by atoms with E-state index in [0.717, 1.165) is 29.7 Å². The molecule has 88 valence electrons. The van der Waals surface area contributed by atoms with E-state index in [1.165, 1.54) is 0 Å². The third-order valence-corrected chi connectivity index (χ3v) is 2.95. The van der Waals surface area contributed by atoms with Gasteiger partial charge >= 0.3 is 0 Å². The van der Waals surface area contributed by atoms with Gasteiger partial charge in [-0.05, 0) is 28.7 Å². The van der Waals surface area contributed by atoms with Crippen molar-refractivity contribution in [3.63, 3.8) is 0 Å². The topological polar surface area (TPSA) is 45.2 Å². The molecule has 6 heteroatoms. The third kappa shape index (κ3) is 3.29. The van der Waals surface area contributed by atoms with Gasteiger partial charge in [-0.1, -0.05) is 0 Å². The van der Waals surface area contributed by atoms with E-state index >= 15 is 0 Å². The molecule has 0 spiro atoms. The summed E-state index contributed by atoms with van der Waals surface area (Å²) in [4.78, 5) is 17.9. The van der Waals surface area contributed by atoms with E-state index in [1.807, 2.05) is 11.0 Å². The summed E-state index contributed by atoms with van der Waals surface area (Å²) in [6.07, 6.45) is 3.38. The molecule has 16 heavy (non-hydrogen) atoms. The van der Waals surface area contributed by atoms with Crippen LogP contribution in [0, 0.1) is 3.57 Å². The quantitative estimate of drug-likeness (QED) is 0.771. The molecule has 1 aromatic heterocycles. The third-order valence-electron chi connectivity index (χ3n) is 2.36. The van der Waals surface area contributed by atoms with E-state index in [2.05, 4.69) is 32.9 Å². The van der Waals surface area contributed by atoms with Crippen molar-refractivity contribution >= 4 is 40.9 Å². The number of halogens is 2. The summed E-state index contributed by atoms with van der Waals surface area (Å²) < 4.78 is 0.994. The van der Waals surface area contributed by atoms with Gasteiger partial charge in [0, 0.05) is 42.1 Å². The second kappa shape index (κ2) is 6.36. The summed E-state index contributed by atoms with van der Waals surface area (Å²) in [5, 5.41) is 3.22. The van der Waals surface area contributed by atoms with E-state index in [9.17, 15) is 4.79 Å². The fourth-order valence-electron chi connectivity index (χ4n) is 1.58. The van der Waals surface area contributed by atoms with Crippen LogP contribution in [0.3, 0.4) is 0 Å². The van der Waals surface area contributed by atoms with Gasteiger partial charge in [0.05, 0.1) is 5.56 Å². The second-order valence-electron chi connectivity index (χ2n) is 3.43. The molecule has 1 amide bonds. The molecule has 0 aromatic carbocycles. The molecule has 1 aliphatic rings. The lowest BCUT2D eigenvalue weighted by atomic mass is 10.2. The van der Waals surface area contributed by atoms with Crippen LogP contribution in [-0.2, 0) is 0 Å². The first-order valence-electron chi connectivity index (χ1n) is 4.88. The van der Waals surface area contributed by atoms with Gasteiger partial charge in [0.1, 0.15) is 0 Å². The Morgan fingerprint density at radius 1 is 1.38 bits per heavy atom. The van der Waals surface area contributed by atoms with Gasteiger partial charge in [-0.3, -0.25) is 9.78 Å². The molecule has 0 saturated carbocycles. The average Bonchev–Trinajstić information content (AvgIpc) is 2.29. The highest BCUT2D eigenvalue weighted by Crippen LogP contribution is 2.09. The molecular weight excluding hydrogens is 340 g/mol. The Labute approximate surface area is 114 Å². The normalized spacial score (nSPS) is 15.4. The number of carbonyl (C=O) groups is 1. The molecule has 1 aliphatic heterocycles. The molecule has 0 unspecified atom stereocenters. The van der Waals surface area contributed by atoms with E-state index in [-0.39, 0.29) is 18.3 Å².